The summed E-state index contributed by atoms with van der Waals surface area (Å²) in [7, 11) is -3.33. The third-order valence-corrected chi connectivity index (χ3v) is 7.26. The highest BCUT2D eigenvalue weighted by molar-refractivity contribution is 7.92. The molecular formula is C30H37N5O3S. The third kappa shape index (κ3) is 7.44. The van der Waals surface area contributed by atoms with Crippen LogP contribution in [0.5, 0.6) is 0 Å². The lowest BCUT2D eigenvalue weighted by Gasteiger charge is -2.19. The predicted molar refractivity (Wildman–Crippen MR) is 157 cm³/mol. The van der Waals surface area contributed by atoms with Crippen molar-refractivity contribution in [1.29, 1.82) is 0 Å². The smallest absolute Gasteiger partial charge is 0.282 e. The highest BCUT2D eigenvalue weighted by atomic mass is 32.2. The van der Waals surface area contributed by atoms with Crippen LogP contribution in [-0.2, 0) is 41.4 Å². The lowest BCUT2D eigenvalue weighted by Crippen LogP contribution is -2.25. The summed E-state index contributed by atoms with van der Waals surface area (Å²) in [6.45, 7) is 9.60. The normalized spacial score (nSPS) is 12.0. The maximum absolute atomic E-state index is 13.0. The molecule has 0 amide bonds. The van der Waals surface area contributed by atoms with E-state index < -0.39 is 10.0 Å². The van der Waals surface area contributed by atoms with E-state index in [0.717, 1.165) is 48.2 Å². The van der Waals surface area contributed by atoms with Gasteiger partial charge in [-0.2, -0.15) is 5.10 Å². The van der Waals surface area contributed by atoms with E-state index in [1.165, 1.54) is 17.3 Å². The molecule has 39 heavy (non-hydrogen) atoms. The molecule has 0 fully saturated rings. The van der Waals surface area contributed by atoms with Crippen LogP contribution in [-0.4, -0.2) is 34.0 Å². The zero-order valence-electron chi connectivity index (χ0n) is 23.3. The SMILES string of the molecule is CCn1c(CCCc2ccc(-c3ccc(NS(C)(=O)=O)cn3)cc2)nn(Cc2ccc(C(C)(C)C)cc2)c1=O. The van der Waals surface area contributed by atoms with E-state index in [-0.39, 0.29) is 11.1 Å². The van der Waals surface area contributed by atoms with Gasteiger partial charge in [-0.3, -0.25) is 14.3 Å². The van der Waals surface area contributed by atoms with Crippen LogP contribution in [0.15, 0.2) is 71.7 Å². The van der Waals surface area contributed by atoms with Gasteiger partial charge in [-0.15, -0.1) is 0 Å². The number of rotatable bonds is 10. The van der Waals surface area contributed by atoms with E-state index >= 15 is 0 Å². The van der Waals surface area contributed by atoms with E-state index in [1.807, 2.05) is 19.1 Å². The van der Waals surface area contributed by atoms with Crippen LogP contribution in [0.4, 0.5) is 5.69 Å². The van der Waals surface area contributed by atoms with Gasteiger partial charge in [0.25, 0.3) is 0 Å². The van der Waals surface area contributed by atoms with Crippen molar-refractivity contribution in [2.45, 2.75) is 65.5 Å². The van der Waals surface area contributed by atoms with Crippen molar-refractivity contribution < 1.29 is 8.42 Å². The molecule has 0 radical (unpaired) electrons. The number of nitrogens with one attached hydrogen (secondary N) is 1. The molecule has 206 valence electrons. The predicted octanol–water partition coefficient (Wildman–Crippen LogP) is 5.02. The Morgan fingerprint density at radius 2 is 1.56 bits per heavy atom. The molecule has 2 aromatic heterocycles. The van der Waals surface area contributed by atoms with Crippen LogP contribution in [0.3, 0.4) is 0 Å². The molecule has 0 aliphatic carbocycles. The topological polar surface area (TPSA) is 98.9 Å². The Labute approximate surface area is 230 Å². The minimum atomic E-state index is -3.33. The molecule has 0 aliphatic rings. The second kappa shape index (κ2) is 11.6. The fourth-order valence-corrected chi connectivity index (χ4v) is 5.06. The molecule has 0 unspecified atom stereocenters. The summed E-state index contributed by atoms with van der Waals surface area (Å²) < 4.78 is 28.5. The van der Waals surface area contributed by atoms with Crippen LogP contribution in [0.1, 0.15) is 56.6 Å². The van der Waals surface area contributed by atoms with Crippen LogP contribution in [0.25, 0.3) is 11.3 Å². The fourth-order valence-electron chi connectivity index (χ4n) is 4.51. The maximum Gasteiger partial charge on any atom is 0.346 e. The number of sulfonamides is 1. The van der Waals surface area contributed by atoms with Crippen molar-refractivity contribution in [1.82, 2.24) is 19.3 Å². The van der Waals surface area contributed by atoms with Gasteiger partial charge in [0.2, 0.25) is 10.0 Å². The fraction of sp³-hybridized carbons (Fsp3) is 0.367. The van der Waals surface area contributed by atoms with Crippen molar-refractivity contribution in [3.05, 3.63) is 99.9 Å². The summed E-state index contributed by atoms with van der Waals surface area (Å²) in [6, 6.07) is 20.1. The summed E-state index contributed by atoms with van der Waals surface area (Å²) in [5.41, 5.74) is 5.71. The van der Waals surface area contributed by atoms with Crippen LogP contribution >= 0.6 is 0 Å². The summed E-state index contributed by atoms with van der Waals surface area (Å²) in [5, 5.41) is 4.68. The number of benzene rings is 2. The van der Waals surface area contributed by atoms with Gasteiger partial charge in [0.15, 0.2) is 0 Å². The van der Waals surface area contributed by atoms with Crippen LogP contribution < -0.4 is 10.4 Å². The molecule has 8 nitrogen and oxygen atoms in total. The number of aromatic nitrogens is 4. The van der Waals surface area contributed by atoms with E-state index in [1.54, 1.807) is 21.4 Å². The molecule has 0 saturated heterocycles. The molecule has 1 N–H and O–H groups in total. The van der Waals surface area contributed by atoms with E-state index in [0.29, 0.717) is 18.8 Å². The van der Waals surface area contributed by atoms with Crippen molar-refractivity contribution in [3.8, 4) is 11.3 Å². The average Bonchev–Trinajstić information content (AvgIpc) is 3.17. The number of hydrogen-bond acceptors (Lipinski definition) is 5. The number of hydrogen-bond donors (Lipinski definition) is 1. The Bertz CT molecular complexity index is 1560. The molecule has 0 spiro atoms. The zero-order valence-corrected chi connectivity index (χ0v) is 24.1. The van der Waals surface area contributed by atoms with Gasteiger partial charge >= 0.3 is 5.69 Å². The Morgan fingerprint density at radius 3 is 2.13 bits per heavy atom. The number of pyridine rings is 1. The molecule has 9 heteroatoms. The zero-order chi connectivity index (χ0) is 28.2. The van der Waals surface area contributed by atoms with Gasteiger partial charge in [0.05, 0.1) is 30.4 Å². The minimum Gasteiger partial charge on any atom is -0.282 e. The molecule has 0 saturated carbocycles. The third-order valence-electron chi connectivity index (χ3n) is 6.65. The molecular weight excluding hydrogens is 510 g/mol. The van der Waals surface area contributed by atoms with Gasteiger partial charge < -0.3 is 0 Å². The Hall–Kier alpha value is -3.72. The first-order valence-corrected chi connectivity index (χ1v) is 15.1. The van der Waals surface area contributed by atoms with Crippen molar-refractivity contribution in [2.75, 3.05) is 11.0 Å². The van der Waals surface area contributed by atoms with Crippen molar-refractivity contribution in [3.63, 3.8) is 0 Å². The second-order valence-electron chi connectivity index (χ2n) is 10.9. The van der Waals surface area contributed by atoms with Crippen LogP contribution in [0, 0.1) is 0 Å². The summed E-state index contributed by atoms with van der Waals surface area (Å²) in [6.07, 6.45) is 5.08. The largest absolute Gasteiger partial charge is 0.346 e. The number of anilines is 1. The molecule has 0 atom stereocenters. The Morgan fingerprint density at radius 1 is 0.897 bits per heavy atom. The molecule has 2 aromatic carbocycles. The van der Waals surface area contributed by atoms with Crippen molar-refractivity contribution in [2.24, 2.45) is 0 Å². The van der Waals surface area contributed by atoms with E-state index in [4.69, 9.17) is 0 Å². The molecule has 4 aromatic rings. The Balaban J connectivity index is 1.37. The number of aryl methyl sites for hydroxylation is 2. The van der Waals surface area contributed by atoms with Crippen LogP contribution in [0.2, 0.25) is 0 Å². The molecule has 2 heterocycles. The lowest BCUT2D eigenvalue weighted by atomic mass is 9.87. The maximum atomic E-state index is 13.0. The van der Waals surface area contributed by atoms with Gasteiger partial charge in [0, 0.05) is 18.5 Å². The second-order valence-corrected chi connectivity index (χ2v) is 12.7. The quantitative estimate of drug-likeness (QED) is 0.301. The Kier molecular flexibility index (Phi) is 8.39. The van der Waals surface area contributed by atoms with Crippen molar-refractivity contribution >= 4 is 15.7 Å². The highest BCUT2D eigenvalue weighted by Gasteiger charge is 2.15. The molecule has 4 rings (SSSR count). The first-order chi connectivity index (χ1) is 18.4. The summed E-state index contributed by atoms with van der Waals surface area (Å²) >= 11 is 0. The standard InChI is InChI=1S/C30H37N5O3S/c1-6-34-28(32-35(29(34)36)21-23-12-16-25(17-13-23)30(2,3)4)9-7-8-22-10-14-24(15-11-22)27-19-18-26(20-31-27)33-39(5,37)38/h10-20,33H,6-9,21H2,1-5H3. The summed E-state index contributed by atoms with van der Waals surface area (Å²) in [5.74, 6) is 0.817. The van der Waals surface area contributed by atoms with Gasteiger partial charge in [-0.25, -0.2) is 17.9 Å². The minimum absolute atomic E-state index is 0.0676. The summed E-state index contributed by atoms with van der Waals surface area (Å²) in [4.78, 5) is 17.3. The lowest BCUT2D eigenvalue weighted by molar-refractivity contribution is 0.588. The molecule has 0 bridgehead atoms. The van der Waals surface area contributed by atoms with E-state index in [2.05, 4.69) is 72.0 Å². The van der Waals surface area contributed by atoms with E-state index in [9.17, 15) is 13.2 Å². The first kappa shape index (κ1) is 28.3. The monoisotopic (exact) mass is 547 g/mol. The highest BCUT2D eigenvalue weighted by Crippen LogP contribution is 2.23. The van der Waals surface area contributed by atoms with Gasteiger partial charge in [-0.05, 0) is 54.0 Å². The molecule has 0 aliphatic heterocycles. The average molecular weight is 548 g/mol. The van der Waals surface area contributed by atoms with Gasteiger partial charge in [-0.1, -0.05) is 69.3 Å². The van der Waals surface area contributed by atoms with Gasteiger partial charge in [0.1, 0.15) is 5.82 Å². The first-order valence-electron chi connectivity index (χ1n) is 13.2. The number of nitrogens with zero attached hydrogens (tertiary/aromatic N) is 4.